The second-order valence-electron chi connectivity index (χ2n) is 10.3. The molecule has 0 saturated heterocycles. The minimum Gasteiger partial charge on any atom is -0.476 e. The lowest BCUT2D eigenvalue weighted by atomic mass is 10.0. The maximum Gasteiger partial charge on any atom is 0.356 e. The van der Waals surface area contributed by atoms with Crippen molar-refractivity contribution in [1.82, 2.24) is 9.78 Å². The number of nitrogens with zero attached hydrogens (tertiary/aromatic N) is 3. The number of anilines is 1. The maximum atomic E-state index is 13.7. The first-order valence-corrected chi connectivity index (χ1v) is 14.8. The van der Waals surface area contributed by atoms with Gasteiger partial charge in [-0.2, -0.15) is 5.10 Å². The van der Waals surface area contributed by atoms with Crippen molar-refractivity contribution >= 4 is 37.5 Å². The average Bonchev–Trinajstić information content (AvgIpc) is 3.18. The number of benzene rings is 2. The molecule has 184 valence electrons. The molecular weight excluding hydrogens is 482 g/mol. The third kappa shape index (κ3) is 4.91. The molecule has 2 aromatic carbocycles. The summed E-state index contributed by atoms with van der Waals surface area (Å²) in [5.74, 6) is -1.46. The number of halogens is 1. The van der Waals surface area contributed by atoms with Crippen LogP contribution < -0.4 is 4.90 Å². The smallest absolute Gasteiger partial charge is 0.356 e. The molecule has 0 fully saturated rings. The Hall–Kier alpha value is -2.94. The SMILES string of the molecule is CC(C)(C)[Si](C)(C)OCc1cccc(N2CCc3c(C(=O)O)nn(-c4cccc(Cl)c4)c3C2=O)c1. The molecule has 35 heavy (non-hydrogen) atoms. The normalized spacial score (nSPS) is 14.2. The van der Waals surface area contributed by atoms with Gasteiger partial charge in [-0.15, -0.1) is 0 Å². The highest BCUT2D eigenvalue weighted by molar-refractivity contribution is 6.74. The van der Waals surface area contributed by atoms with E-state index in [-0.39, 0.29) is 22.3 Å². The molecular formula is C26H30ClN3O4Si. The van der Waals surface area contributed by atoms with Crippen LogP contribution in [0.15, 0.2) is 48.5 Å². The molecule has 0 saturated carbocycles. The fraction of sp³-hybridized carbons (Fsp3) is 0.346. The van der Waals surface area contributed by atoms with E-state index in [2.05, 4.69) is 39.0 Å². The number of carbonyl (C=O) groups is 2. The van der Waals surface area contributed by atoms with E-state index in [4.69, 9.17) is 16.0 Å². The Morgan fingerprint density at radius 3 is 2.49 bits per heavy atom. The van der Waals surface area contributed by atoms with Crippen molar-refractivity contribution in [3.63, 3.8) is 0 Å². The average molecular weight is 512 g/mol. The van der Waals surface area contributed by atoms with Gasteiger partial charge in [0.1, 0.15) is 5.69 Å². The van der Waals surface area contributed by atoms with Crippen LogP contribution in [-0.4, -0.2) is 41.6 Å². The van der Waals surface area contributed by atoms with E-state index in [1.165, 1.54) is 4.68 Å². The van der Waals surface area contributed by atoms with Crippen LogP contribution in [0.4, 0.5) is 5.69 Å². The number of carboxylic acids is 1. The number of aromatic nitrogens is 2. The lowest BCUT2D eigenvalue weighted by Crippen LogP contribution is -2.40. The van der Waals surface area contributed by atoms with Crippen molar-refractivity contribution in [2.75, 3.05) is 11.4 Å². The maximum absolute atomic E-state index is 13.7. The molecule has 1 aliphatic heterocycles. The van der Waals surface area contributed by atoms with Gasteiger partial charge in [0.05, 0.1) is 12.3 Å². The van der Waals surface area contributed by atoms with Gasteiger partial charge in [0.25, 0.3) is 5.91 Å². The van der Waals surface area contributed by atoms with Gasteiger partial charge in [-0.05, 0) is 60.4 Å². The highest BCUT2D eigenvalue weighted by Crippen LogP contribution is 2.37. The van der Waals surface area contributed by atoms with Crippen molar-refractivity contribution in [3.05, 3.63) is 76.1 Å². The third-order valence-corrected chi connectivity index (χ3v) is 11.6. The van der Waals surface area contributed by atoms with Crippen molar-refractivity contribution in [1.29, 1.82) is 0 Å². The Kier molecular flexibility index (Phi) is 6.65. The second-order valence-corrected chi connectivity index (χ2v) is 15.5. The van der Waals surface area contributed by atoms with E-state index in [0.717, 1.165) is 11.3 Å². The number of fused-ring (bicyclic) bond motifs is 1. The van der Waals surface area contributed by atoms with Crippen LogP contribution in [0.25, 0.3) is 5.69 Å². The molecule has 1 amide bonds. The number of carboxylic acid groups (broad SMARTS) is 1. The summed E-state index contributed by atoms with van der Waals surface area (Å²) in [7, 11) is -1.92. The number of carbonyl (C=O) groups excluding carboxylic acids is 1. The highest BCUT2D eigenvalue weighted by Gasteiger charge is 2.37. The first kappa shape index (κ1) is 25.2. The zero-order valence-corrected chi connectivity index (χ0v) is 22.4. The van der Waals surface area contributed by atoms with E-state index >= 15 is 0 Å². The molecule has 0 atom stereocenters. The van der Waals surface area contributed by atoms with Gasteiger partial charge in [0, 0.05) is 22.8 Å². The summed E-state index contributed by atoms with van der Waals surface area (Å²) in [5.41, 5.74) is 2.85. The summed E-state index contributed by atoms with van der Waals surface area (Å²) < 4.78 is 7.76. The van der Waals surface area contributed by atoms with E-state index in [1.54, 1.807) is 29.2 Å². The van der Waals surface area contributed by atoms with Crippen LogP contribution in [0.1, 0.15) is 52.9 Å². The van der Waals surface area contributed by atoms with Crippen molar-refractivity contribution in [3.8, 4) is 5.69 Å². The standard InChI is InChI=1S/C26H30ClN3O4Si/c1-26(2,3)35(4,5)34-16-17-8-6-10-19(14-17)29-13-12-21-22(25(32)33)28-30(23(21)24(29)31)20-11-7-9-18(27)15-20/h6-11,14-15H,12-13,16H2,1-5H3,(H,32,33). The molecule has 9 heteroatoms. The number of hydrogen-bond donors (Lipinski definition) is 1. The molecule has 1 N–H and O–H groups in total. The van der Waals surface area contributed by atoms with Crippen molar-refractivity contribution in [2.45, 2.75) is 51.9 Å². The lowest BCUT2D eigenvalue weighted by Gasteiger charge is -2.36. The molecule has 3 aromatic rings. The van der Waals surface area contributed by atoms with Gasteiger partial charge < -0.3 is 14.4 Å². The molecule has 0 unspecified atom stereocenters. The van der Waals surface area contributed by atoms with Crippen LogP contribution >= 0.6 is 11.6 Å². The van der Waals surface area contributed by atoms with Gasteiger partial charge in [-0.1, -0.05) is 50.6 Å². The fourth-order valence-electron chi connectivity index (χ4n) is 3.87. The predicted octanol–water partition coefficient (Wildman–Crippen LogP) is 5.95. The quantitative estimate of drug-likeness (QED) is 0.413. The molecule has 2 heterocycles. The summed E-state index contributed by atoms with van der Waals surface area (Å²) in [6.45, 7) is 11.9. The first-order chi connectivity index (χ1) is 16.4. The first-order valence-electron chi connectivity index (χ1n) is 11.5. The lowest BCUT2D eigenvalue weighted by molar-refractivity contribution is 0.0688. The molecule has 1 aromatic heterocycles. The summed E-state index contributed by atoms with van der Waals surface area (Å²) in [5, 5.41) is 14.6. The molecule has 7 nitrogen and oxygen atoms in total. The summed E-state index contributed by atoms with van der Waals surface area (Å²) in [6.07, 6.45) is 0.383. The monoisotopic (exact) mass is 511 g/mol. The Balaban J connectivity index is 1.67. The van der Waals surface area contributed by atoms with Crippen LogP contribution in [0.2, 0.25) is 23.2 Å². The van der Waals surface area contributed by atoms with E-state index in [1.807, 2.05) is 24.3 Å². The van der Waals surface area contributed by atoms with Crippen LogP contribution in [0.3, 0.4) is 0 Å². The summed E-state index contributed by atoms with van der Waals surface area (Å²) in [4.78, 5) is 27.3. The minimum atomic E-state index is -1.92. The number of rotatable bonds is 6. The van der Waals surface area contributed by atoms with Crippen molar-refractivity contribution < 1.29 is 19.1 Å². The van der Waals surface area contributed by atoms with Gasteiger partial charge >= 0.3 is 5.97 Å². The van der Waals surface area contributed by atoms with Gasteiger partial charge in [-0.3, -0.25) is 4.79 Å². The van der Waals surface area contributed by atoms with Crippen LogP contribution in [0, 0.1) is 0 Å². The van der Waals surface area contributed by atoms with Gasteiger partial charge in [-0.25, -0.2) is 9.48 Å². The Bertz CT molecular complexity index is 1300. The minimum absolute atomic E-state index is 0.102. The van der Waals surface area contributed by atoms with Gasteiger partial charge in [0.2, 0.25) is 0 Å². The molecule has 4 rings (SSSR count). The topological polar surface area (TPSA) is 84.7 Å². The Labute approximate surface area is 211 Å². The second kappa shape index (κ2) is 9.26. The predicted molar refractivity (Wildman–Crippen MR) is 139 cm³/mol. The zero-order chi connectivity index (χ0) is 25.5. The molecule has 0 radical (unpaired) electrons. The molecule has 1 aliphatic rings. The third-order valence-electron chi connectivity index (χ3n) is 6.90. The Morgan fingerprint density at radius 2 is 1.83 bits per heavy atom. The number of amides is 1. The zero-order valence-electron chi connectivity index (χ0n) is 20.6. The van der Waals surface area contributed by atoms with E-state index in [0.29, 0.717) is 35.8 Å². The molecule has 0 bridgehead atoms. The van der Waals surface area contributed by atoms with Crippen LogP contribution in [0.5, 0.6) is 0 Å². The Morgan fingerprint density at radius 1 is 1.14 bits per heavy atom. The summed E-state index contributed by atoms with van der Waals surface area (Å²) in [6, 6.07) is 14.6. The van der Waals surface area contributed by atoms with Crippen molar-refractivity contribution in [2.24, 2.45) is 0 Å². The fourth-order valence-corrected chi connectivity index (χ4v) is 5.01. The molecule has 0 spiro atoms. The number of aromatic carboxylic acids is 1. The largest absolute Gasteiger partial charge is 0.476 e. The highest BCUT2D eigenvalue weighted by atomic mass is 35.5. The van der Waals surface area contributed by atoms with Gasteiger partial charge in [0.15, 0.2) is 14.0 Å². The summed E-state index contributed by atoms with van der Waals surface area (Å²) >= 11 is 6.15. The van der Waals surface area contributed by atoms with Crippen LogP contribution in [-0.2, 0) is 17.5 Å². The number of hydrogen-bond acceptors (Lipinski definition) is 4. The van der Waals surface area contributed by atoms with E-state index in [9.17, 15) is 14.7 Å². The molecule has 0 aliphatic carbocycles. The van der Waals surface area contributed by atoms with E-state index < -0.39 is 14.3 Å².